The molecule has 7 nitrogen and oxygen atoms in total. The summed E-state index contributed by atoms with van der Waals surface area (Å²) in [4.78, 5) is 12.7. The first-order valence-corrected chi connectivity index (χ1v) is 13.1. The predicted octanol–water partition coefficient (Wildman–Crippen LogP) is 4.92. The molecule has 0 bridgehead atoms. The zero-order valence-corrected chi connectivity index (χ0v) is 21.3. The van der Waals surface area contributed by atoms with Gasteiger partial charge in [0.05, 0.1) is 6.61 Å². The summed E-state index contributed by atoms with van der Waals surface area (Å²) in [6, 6.07) is 3.45. The van der Waals surface area contributed by atoms with Crippen LogP contribution in [0.3, 0.4) is 0 Å². The molecule has 1 fully saturated rings. The minimum Gasteiger partial charge on any atom is -0.619 e. The lowest BCUT2D eigenvalue weighted by Crippen LogP contribution is -2.34. The van der Waals surface area contributed by atoms with Crippen LogP contribution in [-0.2, 0) is 16.0 Å². The molecule has 0 saturated heterocycles. The second kappa shape index (κ2) is 12.8. The number of aromatic nitrogens is 1. The number of ether oxygens (including phenoxy) is 3. The van der Waals surface area contributed by atoms with Gasteiger partial charge in [-0.1, -0.05) is 29.3 Å². The molecule has 35 heavy (non-hydrogen) atoms. The highest BCUT2D eigenvalue weighted by atomic mass is 35.5. The van der Waals surface area contributed by atoms with Crippen molar-refractivity contribution < 1.29 is 32.5 Å². The number of carbonyl (C=O) groups is 1. The van der Waals surface area contributed by atoms with Crippen molar-refractivity contribution in [3.8, 4) is 11.5 Å². The first kappa shape index (κ1) is 27.6. The number of rotatable bonds is 13. The lowest BCUT2D eigenvalue weighted by Gasteiger charge is -2.23. The topological polar surface area (TPSA) is 97.7 Å². The average Bonchev–Trinajstić information content (AvgIpc) is 3.62. The van der Waals surface area contributed by atoms with Gasteiger partial charge in [-0.25, -0.2) is 0 Å². The second-order valence-electron chi connectivity index (χ2n) is 8.15. The minimum absolute atomic E-state index is 0.0105. The van der Waals surface area contributed by atoms with E-state index >= 15 is 0 Å². The van der Waals surface area contributed by atoms with Crippen molar-refractivity contribution in [1.82, 2.24) is 0 Å². The van der Waals surface area contributed by atoms with Crippen LogP contribution in [0.1, 0.15) is 36.5 Å². The number of hydrogen-bond acceptors (Lipinski definition) is 7. The first-order chi connectivity index (χ1) is 16.7. The molecule has 0 radical (unpaired) electrons. The largest absolute Gasteiger partial charge is 0.619 e. The van der Waals surface area contributed by atoms with Gasteiger partial charge >= 0.3 is 12.6 Å². The Kier molecular flexibility index (Phi) is 10.1. The Bertz CT molecular complexity index is 1010. The molecule has 0 spiro atoms. The summed E-state index contributed by atoms with van der Waals surface area (Å²) in [6.45, 7) is -2.68. The number of alkyl halides is 2. The highest BCUT2D eigenvalue weighted by Gasteiger charge is 2.27. The number of hydrogen-bond donors (Lipinski definition) is 1. The van der Waals surface area contributed by atoms with E-state index in [0.717, 1.165) is 25.2 Å². The van der Waals surface area contributed by atoms with E-state index in [4.69, 9.17) is 38.4 Å². The van der Waals surface area contributed by atoms with Crippen LogP contribution < -0.4 is 19.9 Å². The minimum atomic E-state index is -3.03. The number of carbonyl (C=O) groups excluding carboxylic acids is 1. The SMILES string of the molecule is CSCC[C@@H](N)C(=O)O[C@@H](Cc1c(Cl)c[n+]([O-])cc1Cl)c1ccc(OC(F)F)c(OCC2CC2)c1. The smallest absolute Gasteiger partial charge is 0.387 e. The Hall–Kier alpha value is -2.01. The fourth-order valence-electron chi connectivity index (χ4n) is 3.25. The number of esters is 1. The molecule has 3 rings (SSSR count). The van der Waals surface area contributed by atoms with Crippen LogP contribution in [0.4, 0.5) is 8.78 Å². The van der Waals surface area contributed by atoms with Crippen molar-refractivity contribution >= 4 is 40.9 Å². The zero-order chi connectivity index (χ0) is 25.5. The summed E-state index contributed by atoms with van der Waals surface area (Å²) in [6.07, 6.45) is 5.65. The van der Waals surface area contributed by atoms with Crippen LogP contribution >= 0.6 is 35.0 Å². The molecule has 1 aromatic heterocycles. The van der Waals surface area contributed by atoms with E-state index in [0.29, 0.717) is 40.6 Å². The maximum absolute atomic E-state index is 12.9. The highest BCUT2D eigenvalue weighted by Crippen LogP contribution is 2.37. The lowest BCUT2D eigenvalue weighted by molar-refractivity contribution is -0.605. The Labute approximate surface area is 216 Å². The van der Waals surface area contributed by atoms with Crippen LogP contribution in [-0.4, -0.2) is 37.2 Å². The maximum Gasteiger partial charge on any atom is 0.387 e. The number of pyridine rings is 1. The van der Waals surface area contributed by atoms with Crippen LogP contribution in [0.25, 0.3) is 0 Å². The summed E-state index contributed by atoms with van der Waals surface area (Å²) >= 11 is 14.0. The normalized spacial score (nSPS) is 15.1. The van der Waals surface area contributed by atoms with E-state index < -0.39 is 24.7 Å². The van der Waals surface area contributed by atoms with Gasteiger partial charge < -0.3 is 25.2 Å². The summed E-state index contributed by atoms with van der Waals surface area (Å²) < 4.78 is 42.4. The molecule has 0 aliphatic heterocycles. The van der Waals surface area contributed by atoms with Crippen molar-refractivity contribution in [1.29, 1.82) is 0 Å². The third kappa shape index (κ3) is 8.27. The average molecular weight is 551 g/mol. The summed E-state index contributed by atoms with van der Waals surface area (Å²) in [5.74, 6) is 0.361. The first-order valence-electron chi connectivity index (χ1n) is 10.9. The maximum atomic E-state index is 12.9. The van der Waals surface area contributed by atoms with Gasteiger partial charge in [-0.05, 0) is 54.9 Å². The summed E-state index contributed by atoms with van der Waals surface area (Å²) in [7, 11) is 0. The third-order valence-electron chi connectivity index (χ3n) is 5.37. The zero-order valence-electron chi connectivity index (χ0n) is 18.9. The van der Waals surface area contributed by atoms with Gasteiger partial charge in [-0.15, -0.1) is 0 Å². The van der Waals surface area contributed by atoms with Gasteiger partial charge in [0.1, 0.15) is 22.2 Å². The van der Waals surface area contributed by atoms with Crippen molar-refractivity contribution in [2.45, 2.75) is 44.4 Å². The predicted molar refractivity (Wildman–Crippen MR) is 130 cm³/mol. The fraction of sp³-hybridized carbons (Fsp3) is 0.478. The molecule has 1 heterocycles. The van der Waals surface area contributed by atoms with E-state index in [-0.39, 0.29) is 28.0 Å². The molecular weight excluding hydrogens is 525 g/mol. The van der Waals surface area contributed by atoms with E-state index in [9.17, 15) is 18.8 Å². The molecule has 192 valence electrons. The molecule has 1 aliphatic rings. The van der Waals surface area contributed by atoms with Crippen molar-refractivity contribution in [3.05, 3.63) is 57.0 Å². The summed E-state index contributed by atoms with van der Waals surface area (Å²) in [5.41, 5.74) is 6.80. The van der Waals surface area contributed by atoms with Gasteiger partial charge in [0, 0.05) is 12.0 Å². The molecule has 1 aromatic carbocycles. The molecule has 0 amide bonds. The molecule has 2 aromatic rings. The quantitative estimate of drug-likeness (QED) is 0.214. The van der Waals surface area contributed by atoms with Gasteiger partial charge in [0.15, 0.2) is 23.9 Å². The van der Waals surface area contributed by atoms with Gasteiger partial charge in [0.2, 0.25) is 0 Å². The highest BCUT2D eigenvalue weighted by molar-refractivity contribution is 7.98. The molecule has 2 atom stereocenters. The van der Waals surface area contributed by atoms with Crippen LogP contribution in [0.2, 0.25) is 10.0 Å². The Morgan fingerprint density at radius 1 is 1.26 bits per heavy atom. The van der Waals surface area contributed by atoms with Gasteiger partial charge in [-0.2, -0.15) is 25.3 Å². The number of thioether (sulfide) groups is 1. The standard InChI is InChI=1S/C23H26Cl2F2N2O5S/c1-35-7-6-18(28)22(30)33-20(9-15-16(24)10-29(31)11-17(15)25)14-4-5-19(34-23(26)27)21(8-14)32-12-13-2-3-13/h4-5,8,10-11,13,18,20,23H,2-3,6-7,9,12,28H2,1H3/t18-,20+/m1/s1. The fourth-order valence-corrected chi connectivity index (χ4v) is 4.34. The van der Waals surface area contributed by atoms with Crippen LogP contribution in [0.15, 0.2) is 30.6 Å². The molecular formula is C23H26Cl2F2N2O5S. The Balaban J connectivity index is 1.93. The third-order valence-corrected chi connectivity index (χ3v) is 6.66. The van der Waals surface area contributed by atoms with Crippen molar-refractivity contribution in [2.24, 2.45) is 11.7 Å². The van der Waals surface area contributed by atoms with E-state index in [2.05, 4.69) is 4.74 Å². The number of nitrogens with two attached hydrogens (primary N) is 1. The second-order valence-corrected chi connectivity index (χ2v) is 9.95. The molecule has 0 unspecified atom stereocenters. The molecule has 1 aliphatic carbocycles. The molecule has 1 saturated carbocycles. The van der Waals surface area contributed by atoms with E-state index in [1.54, 1.807) is 11.8 Å². The lowest BCUT2D eigenvalue weighted by atomic mass is 10.0. The van der Waals surface area contributed by atoms with Crippen molar-refractivity contribution in [3.63, 3.8) is 0 Å². The van der Waals surface area contributed by atoms with Gasteiger partial charge in [-0.3, -0.25) is 4.79 Å². The number of halogens is 4. The monoisotopic (exact) mass is 550 g/mol. The van der Waals surface area contributed by atoms with Crippen LogP contribution in [0.5, 0.6) is 11.5 Å². The molecule has 2 N–H and O–H groups in total. The van der Waals surface area contributed by atoms with Gasteiger partial charge in [0.25, 0.3) is 0 Å². The van der Waals surface area contributed by atoms with Crippen molar-refractivity contribution in [2.75, 3.05) is 18.6 Å². The summed E-state index contributed by atoms with van der Waals surface area (Å²) in [5, 5.41) is 11.8. The van der Waals surface area contributed by atoms with Crippen LogP contribution in [0, 0.1) is 11.1 Å². The van der Waals surface area contributed by atoms with E-state index in [1.807, 2.05) is 6.26 Å². The Morgan fingerprint density at radius 3 is 2.54 bits per heavy atom. The number of nitrogens with zero attached hydrogens (tertiary/aromatic N) is 1. The Morgan fingerprint density at radius 2 is 1.94 bits per heavy atom. The number of benzene rings is 1. The van der Waals surface area contributed by atoms with E-state index in [1.165, 1.54) is 18.2 Å². The molecule has 12 heteroatoms.